The Morgan fingerprint density at radius 1 is 1.38 bits per heavy atom. The van der Waals surface area contributed by atoms with Crippen molar-refractivity contribution in [2.45, 2.75) is 30.6 Å². The first kappa shape index (κ1) is 17.4. The lowest BCUT2D eigenvalue weighted by atomic mass is 9.86. The van der Waals surface area contributed by atoms with Gasteiger partial charge in [-0.25, -0.2) is 0 Å². The van der Waals surface area contributed by atoms with E-state index < -0.39 is 0 Å². The van der Waals surface area contributed by atoms with Gasteiger partial charge in [-0.15, -0.1) is 0 Å². The second kappa shape index (κ2) is 7.19. The molecule has 3 rings (SSSR count). The number of hydrogen-bond acceptors (Lipinski definition) is 5. The van der Waals surface area contributed by atoms with E-state index in [0.717, 1.165) is 30.9 Å². The van der Waals surface area contributed by atoms with Crippen LogP contribution in [0, 0.1) is 0 Å². The summed E-state index contributed by atoms with van der Waals surface area (Å²) in [6.45, 7) is 2.83. The minimum atomic E-state index is -0.123. The van der Waals surface area contributed by atoms with Gasteiger partial charge < -0.3 is 14.6 Å². The lowest BCUT2D eigenvalue weighted by Crippen LogP contribution is -2.62. The number of furan rings is 1. The van der Waals surface area contributed by atoms with Crippen LogP contribution in [0.3, 0.4) is 0 Å². The number of likely N-dealkylation sites (N-methyl/N-ethyl adjacent to an activating group) is 1. The van der Waals surface area contributed by atoms with Gasteiger partial charge in [0.15, 0.2) is 5.76 Å². The summed E-state index contributed by atoms with van der Waals surface area (Å²) in [6.07, 6.45) is 4.19. The van der Waals surface area contributed by atoms with E-state index in [1.807, 2.05) is 17.2 Å². The topological polar surface area (TPSA) is 65.8 Å². The van der Waals surface area contributed by atoms with Gasteiger partial charge in [-0.1, -0.05) is 0 Å². The van der Waals surface area contributed by atoms with E-state index in [9.17, 15) is 9.59 Å². The third kappa shape index (κ3) is 3.47. The summed E-state index contributed by atoms with van der Waals surface area (Å²) in [7, 11) is 2.10. The number of amides is 2. The third-order valence-electron chi connectivity index (χ3n) is 5.18. The Balaban J connectivity index is 1.74. The molecule has 1 atom stereocenters. The van der Waals surface area contributed by atoms with Crippen LogP contribution in [0.5, 0.6) is 0 Å². The van der Waals surface area contributed by atoms with E-state index in [-0.39, 0.29) is 17.4 Å². The molecule has 0 bridgehead atoms. The molecule has 1 spiro atoms. The van der Waals surface area contributed by atoms with Crippen LogP contribution < -0.4 is 5.32 Å². The normalized spacial score (nSPS) is 25.6. The van der Waals surface area contributed by atoms with Gasteiger partial charge in [-0.05, 0) is 38.3 Å². The summed E-state index contributed by atoms with van der Waals surface area (Å²) in [6, 6.07) is 3.65. The van der Waals surface area contributed by atoms with Crippen molar-refractivity contribution in [3.05, 3.63) is 23.7 Å². The number of piperazine rings is 1. The van der Waals surface area contributed by atoms with Gasteiger partial charge in [0.2, 0.25) is 5.91 Å². The summed E-state index contributed by atoms with van der Waals surface area (Å²) < 4.78 is 5.69. The van der Waals surface area contributed by atoms with Crippen LogP contribution in [0.2, 0.25) is 0 Å². The smallest absolute Gasteiger partial charge is 0.289 e. The minimum absolute atomic E-state index is 0.0432. The van der Waals surface area contributed by atoms with Crippen LogP contribution >= 0.6 is 11.8 Å². The van der Waals surface area contributed by atoms with E-state index in [1.54, 1.807) is 17.8 Å². The highest BCUT2D eigenvalue weighted by atomic mass is 32.2. The first-order valence-electron chi connectivity index (χ1n) is 8.39. The molecule has 1 N–H and O–H groups in total. The molecule has 2 saturated heterocycles. The molecule has 0 aromatic carbocycles. The molecule has 0 radical (unpaired) electrons. The molecule has 3 heterocycles. The second-order valence-corrected chi connectivity index (χ2v) is 7.54. The Kier molecular flexibility index (Phi) is 5.20. The highest BCUT2D eigenvalue weighted by Gasteiger charge is 2.42. The summed E-state index contributed by atoms with van der Waals surface area (Å²) >= 11 is 1.67. The van der Waals surface area contributed by atoms with Crippen molar-refractivity contribution < 1.29 is 14.0 Å². The predicted octanol–water partition coefficient (Wildman–Crippen LogP) is 1.57. The van der Waals surface area contributed by atoms with Gasteiger partial charge in [0.25, 0.3) is 5.91 Å². The van der Waals surface area contributed by atoms with E-state index in [0.29, 0.717) is 31.8 Å². The highest BCUT2D eigenvalue weighted by Crippen LogP contribution is 2.31. The molecule has 1 aromatic heterocycles. The molecule has 2 aliphatic rings. The maximum absolute atomic E-state index is 12.8. The van der Waals surface area contributed by atoms with Crippen molar-refractivity contribution in [3.63, 3.8) is 0 Å². The van der Waals surface area contributed by atoms with Gasteiger partial charge in [-0.2, -0.15) is 11.8 Å². The Labute approximate surface area is 146 Å². The Bertz CT molecular complexity index is 618. The largest absolute Gasteiger partial charge is 0.455 e. The van der Waals surface area contributed by atoms with Gasteiger partial charge in [-0.3, -0.25) is 14.5 Å². The van der Waals surface area contributed by atoms with Crippen LogP contribution in [0.15, 0.2) is 16.5 Å². The van der Waals surface area contributed by atoms with Crippen molar-refractivity contribution in [3.8, 4) is 0 Å². The van der Waals surface area contributed by atoms with Crippen LogP contribution in [-0.2, 0) is 10.5 Å². The summed E-state index contributed by atoms with van der Waals surface area (Å²) in [5.74, 6) is 2.09. The average molecular weight is 351 g/mol. The molecule has 24 heavy (non-hydrogen) atoms. The van der Waals surface area contributed by atoms with Crippen LogP contribution in [0.1, 0.15) is 35.6 Å². The molecule has 0 saturated carbocycles. The van der Waals surface area contributed by atoms with Crippen molar-refractivity contribution >= 4 is 23.6 Å². The summed E-state index contributed by atoms with van der Waals surface area (Å²) in [5.41, 5.74) is -0.123. The number of carbonyl (C=O) groups excluding carboxylic acids is 2. The SMILES string of the molecule is CSCc1ccc(C(=O)N2CCN(C)[C@@]3(CCNC(=O)CC3)C2)o1. The van der Waals surface area contributed by atoms with Crippen molar-refractivity contribution in [2.24, 2.45) is 0 Å². The second-order valence-electron chi connectivity index (χ2n) is 6.67. The predicted molar refractivity (Wildman–Crippen MR) is 94.1 cm³/mol. The van der Waals surface area contributed by atoms with E-state index in [1.165, 1.54) is 0 Å². The third-order valence-corrected chi connectivity index (χ3v) is 5.75. The van der Waals surface area contributed by atoms with Crippen molar-refractivity contribution in [2.75, 3.05) is 39.5 Å². The Morgan fingerprint density at radius 2 is 2.21 bits per heavy atom. The molecular weight excluding hydrogens is 326 g/mol. The molecule has 2 aliphatic heterocycles. The summed E-state index contributed by atoms with van der Waals surface area (Å²) in [5, 5.41) is 2.94. The van der Waals surface area contributed by atoms with Crippen molar-refractivity contribution in [1.82, 2.24) is 15.1 Å². The molecule has 132 valence electrons. The van der Waals surface area contributed by atoms with Gasteiger partial charge in [0.1, 0.15) is 5.76 Å². The number of nitrogens with one attached hydrogen (secondary N) is 1. The molecule has 2 amide bonds. The van der Waals surface area contributed by atoms with Crippen molar-refractivity contribution in [1.29, 1.82) is 0 Å². The van der Waals surface area contributed by atoms with Crippen LogP contribution in [0.25, 0.3) is 0 Å². The van der Waals surface area contributed by atoms with E-state index >= 15 is 0 Å². The molecule has 0 unspecified atom stereocenters. The lowest BCUT2D eigenvalue weighted by Gasteiger charge is -2.49. The Hall–Kier alpha value is -1.47. The Morgan fingerprint density at radius 3 is 3.00 bits per heavy atom. The maximum Gasteiger partial charge on any atom is 0.289 e. The zero-order chi connectivity index (χ0) is 17.2. The first-order valence-corrected chi connectivity index (χ1v) is 9.78. The fraction of sp³-hybridized carbons (Fsp3) is 0.647. The maximum atomic E-state index is 12.8. The number of carbonyl (C=O) groups is 2. The monoisotopic (exact) mass is 351 g/mol. The van der Waals surface area contributed by atoms with E-state index in [4.69, 9.17) is 4.42 Å². The quantitative estimate of drug-likeness (QED) is 0.895. The molecule has 7 heteroatoms. The van der Waals surface area contributed by atoms with Gasteiger partial charge in [0.05, 0.1) is 5.75 Å². The number of rotatable bonds is 3. The molecule has 1 aromatic rings. The standard InChI is InChI=1S/C17H25N3O3S/c1-19-9-10-20(12-17(19)6-5-15(21)18-8-7-17)16(22)14-4-3-13(23-14)11-24-2/h3-4H,5-12H2,1-2H3,(H,18,21)/t17-/m0/s1. The molecular formula is C17H25N3O3S. The van der Waals surface area contributed by atoms with Crippen LogP contribution in [0.4, 0.5) is 0 Å². The molecule has 0 aliphatic carbocycles. The number of thioether (sulfide) groups is 1. The lowest BCUT2D eigenvalue weighted by molar-refractivity contribution is -0.121. The number of nitrogens with zero attached hydrogens (tertiary/aromatic N) is 2. The fourth-order valence-corrected chi connectivity index (χ4v) is 4.08. The first-order chi connectivity index (χ1) is 11.5. The zero-order valence-corrected chi connectivity index (χ0v) is 15.2. The van der Waals surface area contributed by atoms with Gasteiger partial charge >= 0.3 is 0 Å². The minimum Gasteiger partial charge on any atom is -0.455 e. The molecule has 6 nitrogen and oxygen atoms in total. The van der Waals surface area contributed by atoms with Gasteiger partial charge in [0, 0.05) is 38.1 Å². The zero-order valence-electron chi connectivity index (χ0n) is 14.3. The fourth-order valence-electron chi connectivity index (χ4n) is 3.64. The van der Waals surface area contributed by atoms with E-state index in [2.05, 4.69) is 17.3 Å². The molecule has 2 fully saturated rings. The highest BCUT2D eigenvalue weighted by molar-refractivity contribution is 7.97. The average Bonchev–Trinajstić information content (AvgIpc) is 2.95. The summed E-state index contributed by atoms with van der Waals surface area (Å²) in [4.78, 5) is 28.7. The van der Waals surface area contributed by atoms with Crippen LogP contribution in [-0.4, -0.2) is 66.6 Å². The number of hydrogen-bond donors (Lipinski definition) is 1.